The highest BCUT2D eigenvalue weighted by molar-refractivity contribution is 5.92. The molecule has 0 atom stereocenters. The molecule has 3 aromatic rings. The smallest absolute Gasteiger partial charge is 0.308 e. The molecular weight excluding hydrogens is 362 g/mol. The summed E-state index contributed by atoms with van der Waals surface area (Å²) in [4.78, 5) is 16.3. The number of oxazole rings is 1. The second-order valence-electron chi connectivity index (χ2n) is 5.60. The zero-order chi connectivity index (χ0) is 19.9. The Kier molecular flexibility index (Phi) is 5.91. The Balaban J connectivity index is 1.67. The third kappa shape index (κ3) is 4.47. The Hall–Kier alpha value is -3.81. The number of benzene rings is 2. The van der Waals surface area contributed by atoms with Gasteiger partial charge in [0.05, 0.1) is 33.7 Å². The minimum Gasteiger partial charge on any atom is -0.497 e. The quantitative estimate of drug-likeness (QED) is 0.499. The van der Waals surface area contributed by atoms with Gasteiger partial charge in [0.2, 0.25) is 11.7 Å². The maximum Gasteiger partial charge on any atom is 0.308 e. The van der Waals surface area contributed by atoms with Crippen LogP contribution >= 0.6 is 0 Å². The van der Waals surface area contributed by atoms with Crippen molar-refractivity contribution < 1.29 is 23.4 Å². The first-order chi connectivity index (χ1) is 13.6. The standard InChI is InChI=1S/C20H19N3O5/c1-25-15-6-4-14(5-7-15)20-21-12-18(28-20)19(24)23-22-11-13-8-16(26-2)10-17(9-13)27-3/h4-12H,1-3H3,(H,23,24). The summed E-state index contributed by atoms with van der Waals surface area (Å²) in [6, 6.07) is 12.4. The van der Waals surface area contributed by atoms with E-state index in [0.29, 0.717) is 23.0 Å². The Bertz CT molecular complexity index is 958. The normalized spacial score (nSPS) is 10.7. The highest BCUT2D eigenvalue weighted by atomic mass is 16.5. The van der Waals surface area contributed by atoms with E-state index in [2.05, 4.69) is 15.5 Å². The Morgan fingerprint density at radius 1 is 1.00 bits per heavy atom. The summed E-state index contributed by atoms with van der Waals surface area (Å²) in [6.07, 6.45) is 2.82. The van der Waals surface area contributed by atoms with E-state index in [1.54, 1.807) is 63.8 Å². The minimum atomic E-state index is -0.515. The molecule has 2 aromatic carbocycles. The molecule has 0 bridgehead atoms. The van der Waals surface area contributed by atoms with Crippen LogP contribution in [-0.4, -0.2) is 38.4 Å². The van der Waals surface area contributed by atoms with Gasteiger partial charge in [-0.3, -0.25) is 4.79 Å². The lowest BCUT2D eigenvalue weighted by molar-refractivity contribution is 0.0928. The van der Waals surface area contributed by atoms with Crippen LogP contribution in [-0.2, 0) is 0 Å². The average molecular weight is 381 g/mol. The summed E-state index contributed by atoms with van der Waals surface area (Å²) in [5.74, 6) is 1.81. The van der Waals surface area contributed by atoms with Gasteiger partial charge >= 0.3 is 5.91 Å². The second kappa shape index (κ2) is 8.72. The molecule has 0 unspecified atom stereocenters. The number of rotatable bonds is 7. The van der Waals surface area contributed by atoms with Crippen molar-refractivity contribution in [1.82, 2.24) is 10.4 Å². The average Bonchev–Trinajstić information content (AvgIpc) is 3.24. The summed E-state index contributed by atoms with van der Waals surface area (Å²) >= 11 is 0. The first kappa shape index (κ1) is 19.0. The van der Waals surface area contributed by atoms with Crippen LogP contribution in [0, 0.1) is 0 Å². The molecular formula is C20H19N3O5. The van der Waals surface area contributed by atoms with Crippen molar-refractivity contribution in [2.24, 2.45) is 5.10 Å². The third-order valence-electron chi connectivity index (χ3n) is 3.82. The largest absolute Gasteiger partial charge is 0.497 e. The second-order valence-corrected chi connectivity index (χ2v) is 5.60. The van der Waals surface area contributed by atoms with E-state index in [-0.39, 0.29) is 5.76 Å². The molecule has 0 spiro atoms. The van der Waals surface area contributed by atoms with Gasteiger partial charge in [0, 0.05) is 17.2 Å². The molecule has 1 N–H and O–H groups in total. The zero-order valence-electron chi connectivity index (χ0n) is 15.6. The molecule has 1 heterocycles. The number of hydrogen-bond acceptors (Lipinski definition) is 7. The summed E-state index contributed by atoms with van der Waals surface area (Å²) in [7, 11) is 4.70. The number of amides is 1. The van der Waals surface area contributed by atoms with E-state index < -0.39 is 5.91 Å². The van der Waals surface area contributed by atoms with E-state index in [1.165, 1.54) is 12.4 Å². The van der Waals surface area contributed by atoms with Crippen molar-refractivity contribution in [2.45, 2.75) is 0 Å². The van der Waals surface area contributed by atoms with E-state index in [1.807, 2.05) is 0 Å². The number of methoxy groups -OCH3 is 3. The molecule has 0 radical (unpaired) electrons. The van der Waals surface area contributed by atoms with Gasteiger partial charge in [0.15, 0.2) is 0 Å². The zero-order valence-corrected chi connectivity index (χ0v) is 15.6. The fraction of sp³-hybridized carbons (Fsp3) is 0.150. The van der Waals surface area contributed by atoms with Crippen molar-refractivity contribution in [1.29, 1.82) is 0 Å². The lowest BCUT2D eigenvalue weighted by Crippen LogP contribution is -2.16. The molecule has 0 saturated carbocycles. The van der Waals surface area contributed by atoms with E-state index in [4.69, 9.17) is 18.6 Å². The number of hydrazone groups is 1. The summed E-state index contributed by atoms with van der Waals surface area (Å²) in [5, 5.41) is 3.93. The maximum atomic E-state index is 12.2. The fourth-order valence-electron chi connectivity index (χ4n) is 2.37. The lowest BCUT2D eigenvalue weighted by atomic mass is 10.2. The molecule has 8 heteroatoms. The van der Waals surface area contributed by atoms with Crippen molar-refractivity contribution >= 4 is 12.1 Å². The topological polar surface area (TPSA) is 95.2 Å². The summed E-state index contributed by atoms with van der Waals surface area (Å²) < 4.78 is 21.0. The van der Waals surface area contributed by atoms with Gasteiger partial charge in [-0.1, -0.05) is 0 Å². The highest BCUT2D eigenvalue weighted by Crippen LogP contribution is 2.23. The van der Waals surface area contributed by atoms with Crippen LogP contribution in [0.2, 0.25) is 0 Å². The van der Waals surface area contributed by atoms with Crippen LogP contribution in [0.15, 0.2) is 58.2 Å². The lowest BCUT2D eigenvalue weighted by Gasteiger charge is -2.05. The SMILES string of the molecule is COc1ccc(-c2ncc(C(=O)NN=Cc3cc(OC)cc(OC)c3)o2)cc1. The molecule has 0 aliphatic rings. The molecule has 8 nitrogen and oxygen atoms in total. The van der Waals surface area contributed by atoms with Gasteiger partial charge in [-0.15, -0.1) is 0 Å². The predicted octanol–water partition coefficient (Wildman–Crippen LogP) is 3.13. The van der Waals surface area contributed by atoms with Crippen LogP contribution in [0.3, 0.4) is 0 Å². The molecule has 1 amide bonds. The van der Waals surface area contributed by atoms with Gasteiger partial charge in [0.25, 0.3) is 0 Å². The number of aromatic nitrogens is 1. The molecule has 3 rings (SSSR count). The van der Waals surface area contributed by atoms with Gasteiger partial charge in [-0.05, 0) is 36.4 Å². The molecule has 0 saturated heterocycles. The van der Waals surface area contributed by atoms with Gasteiger partial charge in [0.1, 0.15) is 17.2 Å². The summed E-state index contributed by atoms with van der Waals surface area (Å²) in [5.41, 5.74) is 3.83. The first-order valence-corrected chi connectivity index (χ1v) is 8.29. The first-order valence-electron chi connectivity index (χ1n) is 8.29. The van der Waals surface area contributed by atoms with Crippen molar-refractivity contribution in [3.63, 3.8) is 0 Å². The fourth-order valence-corrected chi connectivity index (χ4v) is 2.37. The van der Waals surface area contributed by atoms with Crippen LogP contribution in [0.5, 0.6) is 17.2 Å². The number of carbonyl (C=O) groups excluding carboxylic acids is 1. The van der Waals surface area contributed by atoms with E-state index in [0.717, 1.165) is 11.3 Å². The maximum absolute atomic E-state index is 12.2. The molecule has 28 heavy (non-hydrogen) atoms. The molecule has 0 aliphatic heterocycles. The van der Waals surface area contributed by atoms with Crippen LogP contribution in [0.25, 0.3) is 11.5 Å². The number of hydrogen-bond donors (Lipinski definition) is 1. The Morgan fingerprint density at radius 3 is 2.25 bits per heavy atom. The number of carbonyl (C=O) groups is 1. The van der Waals surface area contributed by atoms with Crippen LogP contribution in [0.1, 0.15) is 16.1 Å². The number of nitrogens with one attached hydrogen (secondary N) is 1. The van der Waals surface area contributed by atoms with Gasteiger partial charge in [-0.25, -0.2) is 10.4 Å². The molecule has 1 aromatic heterocycles. The number of ether oxygens (including phenoxy) is 3. The van der Waals surface area contributed by atoms with Crippen molar-refractivity contribution in [3.05, 3.63) is 60.0 Å². The van der Waals surface area contributed by atoms with Gasteiger partial charge in [-0.2, -0.15) is 5.10 Å². The third-order valence-corrected chi connectivity index (χ3v) is 3.82. The van der Waals surface area contributed by atoms with Crippen molar-refractivity contribution in [2.75, 3.05) is 21.3 Å². The van der Waals surface area contributed by atoms with Crippen molar-refractivity contribution in [3.8, 4) is 28.7 Å². The summed E-state index contributed by atoms with van der Waals surface area (Å²) in [6.45, 7) is 0. The minimum absolute atomic E-state index is 0.0474. The Labute approximate surface area is 161 Å². The van der Waals surface area contributed by atoms with Crippen LogP contribution in [0.4, 0.5) is 0 Å². The Morgan fingerprint density at radius 2 is 1.64 bits per heavy atom. The number of nitrogens with zero attached hydrogens (tertiary/aromatic N) is 2. The molecule has 0 aliphatic carbocycles. The van der Waals surface area contributed by atoms with Crippen LogP contribution < -0.4 is 19.6 Å². The van der Waals surface area contributed by atoms with E-state index in [9.17, 15) is 4.79 Å². The molecule has 0 fully saturated rings. The van der Waals surface area contributed by atoms with E-state index >= 15 is 0 Å². The molecule has 144 valence electrons. The van der Waals surface area contributed by atoms with Gasteiger partial charge < -0.3 is 18.6 Å². The highest BCUT2D eigenvalue weighted by Gasteiger charge is 2.13. The predicted molar refractivity (Wildman–Crippen MR) is 103 cm³/mol. The monoisotopic (exact) mass is 381 g/mol.